The molecule has 0 aromatic heterocycles. The lowest BCUT2D eigenvalue weighted by molar-refractivity contribution is -0.134. The third kappa shape index (κ3) is 2.29. The summed E-state index contributed by atoms with van der Waals surface area (Å²) >= 11 is 0. The molecule has 1 fully saturated rings. The van der Waals surface area contributed by atoms with Crippen molar-refractivity contribution in [3.05, 3.63) is 35.9 Å². The topological polar surface area (TPSA) is 66.8 Å². The van der Waals surface area contributed by atoms with Crippen LogP contribution < -0.4 is 0 Å². The largest absolute Gasteiger partial charge is 0.390 e. The van der Waals surface area contributed by atoms with Gasteiger partial charge in [-0.05, 0) is 5.56 Å². The quantitative estimate of drug-likeness (QED) is 0.723. The van der Waals surface area contributed by atoms with Crippen LogP contribution in [0.15, 0.2) is 30.3 Å². The molecule has 86 valence electrons. The fraction of sp³-hybridized carbons (Fsp3) is 0.417. The van der Waals surface area contributed by atoms with E-state index in [0.717, 1.165) is 5.56 Å². The summed E-state index contributed by atoms with van der Waals surface area (Å²) in [6.07, 6.45) is -2.48. The summed E-state index contributed by atoms with van der Waals surface area (Å²) in [5, 5.41) is 19.0. The molecule has 1 aromatic carbocycles. The minimum Gasteiger partial charge on any atom is -0.390 e. The van der Waals surface area contributed by atoms with E-state index in [1.807, 2.05) is 30.3 Å². The predicted octanol–water partition coefficient (Wildman–Crippen LogP) is 0.439. The highest BCUT2D eigenvalue weighted by Gasteiger charge is 2.32. The van der Waals surface area contributed by atoms with Gasteiger partial charge in [-0.2, -0.15) is 0 Å². The molecular weight excluding hydrogens is 208 g/mol. The summed E-state index contributed by atoms with van der Waals surface area (Å²) < 4.78 is 5.37. The third-order valence-corrected chi connectivity index (χ3v) is 2.75. The van der Waals surface area contributed by atoms with E-state index < -0.39 is 18.0 Å². The molecule has 1 aliphatic heterocycles. The molecule has 1 saturated heterocycles. The van der Waals surface area contributed by atoms with Crippen LogP contribution in [0, 0.1) is 0 Å². The lowest BCUT2D eigenvalue weighted by Gasteiger charge is -2.17. The maximum Gasteiger partial charge on any atom is 0.189 e. The minimum absolute atomic E-state index is 0.155. The van der Waals surface area contributed by atoms with Crippen LogP contribution >= 0.6 is 0 Å². The monoisotopic (exact) mass is 222 g/mol. The van der Waals surface area contributed by atoms with Gasteiger partial charge in [0.2, 0.25) is 0 Å². The minimum atomic E-state index is -1.33. The Balaban J connectivity index is 2.16. The molecule has 4 heteroatoms. The number of rotatable bonds is 1. The van der Waals surface area contributed by atoms with Gasteiger partial charge in [0.05, 0.1) is 12.2 Å². The van der Waals surface area contributed by atoms with Gasteiger partial charge in [-0.15, -0.1) is 0 Å². The van der Waals surface area contributed by atoms with E-state index in [-0.39, 0.29) is 19.1 Å². The Morgan fingerprint density at radius 1 is 1.19 bits per heavy atom. The van der Waals surface area contributed by atoms with Crippen molar-refractivity contribution in [3.63, 3.8) is 0 Å². The predicted molar refractivity (Wildman–Crippen MR) is 56.8 cm³/mol. The zero-order valence-corrected chi connectivity index (χ0v) is 8.74. The average Bonchev–Trinajstić information content (AvgIpc) is 2.44. The molecule has 2 N–H and O–H groups in total. The SMILES string of the molecule is O=C1COC(c2ccccc2)C[C@@H](O)[C@H]1O. The van der Waals surface area contributed by atoms with Crippen LogP contribution in [0.25, 0.3) is 0 Å². The Kier molecular flexibility index (Phi) is 3.33. The molecule has 1 aliphatic rings. The summed E-state index contributed by atoms with van der Waals surface area (Å²) in [6.45, 7) is -0.155. The molecule has 0 aliphatic carbocycles. The Bertz CT molecular complexity index is 363. The summed E-state index contributed by atoms with van der Waals surface area (Å²) in [7, 11) is 0. The number of ketones is 1. The summed E-state index contributed by atoms with van der Waals surface area (Å²) in [5.74, 6) is -0.467. The molecule has 1 aromatic rings. The van der Waals surface area contributed by atoms with E-state index >= 15 is 0 Å². The van der Waals surface area contributed by atoms with Crippen molar-refractivity contribution < 1.29 is 19.7 Å². The smallest absolute Gasteiger partial charge is 0.189 e. The molecule has 16 heavy (non-hydrogen) atoms. The van der Waals surface area contributed by atoms with Crippen molar-refractivity contribution in [1.82, 2.24) is 0 Å². The van der Waals surface area contributed by atoms with Crippen LogP contribution in [0.2, 0.25) is 0 Å². The van der Waals surface area contributed by atoms with Crippen LogP contribution in [-0.2, 0) is 9.53 Å². The molecule has 0 bridgehead atoms. The van der Waals surface area contributed by atoms with Crippen LogP contribution in [0.1, 0.15) is 18.1 Å². The van der Waals surface area contributed by atoms with Gasteiger partial charge in [0, 0.05) is 6.42 Å². The summed E-state index contributed by atoms with van der Waals surface area (Å²) in [6, 6.07) is 9.37. The van der Waals surface area contributed by atoms with Gasteiger partial charge in [-0.25, -0.2) is 0 Å². The van der Waals surface area contributed by atoms with E-state index in [4.69, 9.17) is 4.74 Å². The first kappa shape index (κ1) is 11.3. The molecule has 0 spiro atoms. The second-order valence-corrected chi connectivity index (χ2v) is 3.92. The standard InChI is InChI=1S/C12H14O4/c13-9-6-11(8-4-2-1-3-5-8)16-7-10(14)12(9)15/h1-5,9,11-13,15H,6-7H2/t9-,11?,12-/m1/s1. The molecule has 0 amide bonds. The average molecular weight is 222 g/mol. The van der Waals surface area contributed by atoms with E-state index in [1.54, 1.807) is 0 Å². The second-order valence-electron chi connectivity index (χ2n) is 3.92. The van der Waals surface area contributed by atoms with Crippen LogP contribution in [0.3, 0.4) is 0 Å². The maximum atomic E-state index is 11.3. The molecule has 4 nitrogen and oxygen atoms in total. The normalized spacial score (nSPS) is 31.1. The van der Waals surface area contributed by atoms with Crippen molar-refractivity contribution in [2.45, 2.75) is 24.7 Å². The van der Waals surface area contributed by atoms with Crippen LogP contribution in [0.5, 0.6) is 0 Å². The lowest BCUT2D eigenvalue weighted by Crippen LogP contribution is -2.33. The molecule has 1 unspecified atom stereocenters. The fourth-order valence-electron chi connectivity index (χ4n) is 1.80. The number of carbonyl (C=O) groups excluding carboxylic acids is 1. The highest BCUT2D eigenvalue weighted by molar-refractivity contribution is 5.84. The van der Waals surface area contributed by atoms with E-state index in [9.17, 15) is 15.0 Å². The number of Topliss-reactive ketones (excluding diaryl/α,β-unsaturated/α-hetero) is 1. The van der Waals surface area contributed by atoms with Gasteiger partial charge in [-0.1, -0.05) is 30.3 Å². The highest BCUT2D eigenvalue weighted by Crippen LogP contribution is 2.26. The van der Waals surface area contributed by atoms with Crippen molar-refractivity contribution in [3.8, 4) is 0 Å². The Labute approximate surface area is 93.5 Å². The number of carbonyl (C=O) groups is 1. The first-order chi connectivity index (χ1) is 7.68. The first-order valence-corrected chi connectivity index (χ1v) is 5.24. The van der Waals surface area contributed by atoms with Gasteiger partial charge in [-0.3, -0.25) is 4.79 Å². The number of hydrogen-bond donors (Lipinski definition) is 2. The van der Waals surface area contributed by atoms with Gasteiger partial charge in [0.1, 0.15) is 12.7 Å². The van der Waals surface area contributed by atoms with Gasteiger partial charge in [0.25, 0.3) is 0 Å². The number of ether oxygens (including phenoxy) is 1. The molecule has 1 heterocycles. The number of benzene rings is 1. The number of hydrogen-bond acceptors (Lipinski definition) is 4. The van der Waals surface area contributed by atoms with Crippen molar-refractivity contribution in [2.24, 2.45) is 0 Å². The first-order valence-electron chi connectivity index (χ1n) is 5.24. The lowest BCUT2D eigenvalue weighted by atomic mass is 10.0. The molecule has 2 rings (SSSR count). The molecule has 3 atom stereocenters. The molecular formula is C12H14O4. The van der Waals surface area contributed by atoms with E-state index in [0.29, 0.717) is 0 Å². The second kappa shape index (κ2) is 4.74. The van der Waals surface area contributed by atoms with Crippen molar-refractivity contribution in [1.29, 1.82) is 0 Å². The number of aliphatic hydroxyl groups is 2. The molecule has 0 saturated carbocycles. The van der Waals surface area contributed by atoms with E-state index in [2.05, 4.69) is 0 Å². The van der Waals surface area contributed by atoms with Gasteiger partial charge in [0.15, 0.2) is 5.78 Å². The van der Waals surface area contributed by atoms with Crippen molar-refractivity contribution in [2.75, 3.05) is 6.61 Å². The highest BCUT2D eigenvalue weighted by atomic mass is 16.5. The Morgan fingerprint density at radius 3 is 2.56 bits per heavy atom. The summed E-state index contributed by atoms with van der Waals surface area (Å²) in [5.41, 5.74) is 0.906. The van der Waals surface area contributed by atoms with Crippen molar-refractivity contribution >= 4 is 5.78 Å². The zero-order chi connectivity index (χ0) is 11.5. The fourth-order valence-corrected chi connectivity index (χ4v) is 1.80. The van der Waals surface area contributed by atoms with Crippen LogP contribution in [-0.4, -0.2) is 34.8 Å². The molecule has 0 radical (unpaired) electrons. The zero-order valence-electron chi connectivity index (χ0n) is 8.74. The van der Waals surface area contributed by atoms with Gasteiger partial charge < -0.3 is 14.9 Å². The Hall–Kier alpha value is -1.23. The number of aliphatic hydroxyl groups excluding tert-OH is 2. The maximum absolute atomic E-state index is 11.3. The van der Waals surface area contributed by atoms with Crippen LogP contribution in [0.4, 0.5) is 0 Å². The van der Waals surface area contributed by atoms with Gasteiger partial charge >= 0.3 is 0 Å². The Morgan fingerprint density at radius 2 is 1.88 bits per heavy atom. The van der Waals surface area contributed by atoms with E-state index in [1.165, 1.54) is 0 Å². The third-order valence-electron chi connectivity index (χ3n) is 2.75. The summed E-state index contributed by atoms with van der Waals surface area (Å²) in [4.78, 5) is 11.3.